The average molecular weight is 258 g/mol. The zero-order valence-corrected chi connectivity index (χ0v) is 11.9. The molecule has 0 saturated heterocycles. The maximum absolute atomic E-state index is 10.9. The van der Waals surface area contributed by atoms with Crippen LogP contribution in [0.1, 0.15) is 53.4 Å². The Labute approximate surface area is 110 Å². The normalized spacial score (nSPS) is 30.2. The van der Waals surface area contributed by atoms with E-state index in [2.05, 4.69) is 25.7 Å². The molecule has 3 atom stereocenters. The molecular formula is C14H26O4. The summed E-state index contributed by atoms with van der Waals surface area (Å²) < 4.78 is 0. The molecule has 0 spiro atoms. The van der Waals surface area contributed by atoms with Gasteiger partial charge < -0.3 is 5.11 Å². The molecule has 0 aromatic heterocycles. The smallest absolute Gasteiger partial charge is 0.339 e. The summed E-state index contributed by atoms with van der Waals surface area (Å²) in [5.41, 5.74) is -0.0954. The summed E-state index contributed by atoms with van der Waals surface area (Å²) in [4.78, 5) is 20.7. The molecule has 1 rings (SSSR count). The molecule has 0 aromatic carbocycles. The second kappa shape index (κ2) is 6.53. The molecule has 0 amide bonds. The summed E-state index contributed by atoms with van der Waals surface area (Å²) in [6, 6.07) is 0. The van der Waals surface area contributed by atoms with E-state index in [-0.39, 0.29) is 12.0 Å². The maximum atomic E-state index is 10.9. The molecule has 18 heavy (non-hydrogen) atoms. The zero-order chi connectivity index (χ0) is 13.8. The van der Waals surface area contributed by atoms with Crippen LogP contribution in [-0.2, 0) is 14.6 Å². The molecule has 0 aliphatic heterocycles. The van der Waals surface area contributed by atoms with Gasteiger partial charge in [0.15, 0.2) is 0 Å². The van der Waals surface area contributed by atoms with Gasteiger partial charge in [-0.15, -0.1) is 0 Å². The van der Waals surface area contributed by atoms with Gasteiger partial charge in [0, 0.05) is 12.3 Å². The molecule has 1 aliphatic carbocycles. The third kappa shape index (κ3) is 3.45. The van der Waals surface area contributed by atoms with Crippen LogP contribution in [0.15, 0.2) is 0 Å². The van der Waals surface area contributed by atoms with Crippen LogP contribution in [0.2, 0.25) is 0 Å². The lowest BCUT2D eigenvalue weighted by Crippen LogP contribution is -2.47. The Hall–Kier alpha value is -0.610. The van der Waals surface area contributed by atoms with E-state index in [9.17, 15) is 9.90 Å². The number of aliphatic hydroxyl groups excluding tert-OH is 1. The zero-order valence-electron chi connectivity index (χ0n) is 11.9. The lowest BCUT2D eigenvalue weighted by Gasteiger charge is -2.46. The van der Waals surface area contributed by atoms with Crippen LogP contribution in [0, 0.1) is 17.3 Å². The predicted molar refractivity (Wildman–Crippen MR) is 68.6 cm³/mol. The third-order valence-electron chi connectivity index (χ3n) is 4.31. The molecule has 0 heterocycles. The molecule has 4 nitrogen and oxygen atoms in total. The molecule has 0 radical (unpaired) electrons. The Morgan fingerprint density at radius 1 is 1.50 bits per heavy atom. The van der Waals surface area contributed by atoms with Crippen LogP contribution in [0.5, 0.6) is 0 Å². The van der Waals surface area contributed by atoms with Gasteiger partial charge in [-0.1, -0.05) is 33.6 Å². The lowest BCUT2D eigenvalue weighted by molar-refractivity contribution is -0.329. The second-order valence-electron chi connectivity index (χ2n) is 5.93. The number of carbonyl (C=O) groups is 1. The predicted octanol–water partition coefficient (Wildman–Crippen LogP) is 2.69. The molecule has 1 N–H and O–H groups in total. The molecule has 1 saturated carbocycles. The number of aliphatic hydroxyl groups is 1. The Morgan fingerprint density at radius 3 is 2.61 bits per heavy atom. The Bertz CT molecular complexity index is 277. The van der Waals surface area contributed by atoms with Crippen molar-refractivity contribution in [3.63, 3.8) is 0 Å². The van der Waals surface area contributed by atoms with E-state index in [1.165, 1.54) is 13.3 Å². The van der Waals surface area contributed by atoms with E-state index in [1.807, 2.05) is 0 Å². The SMILES string of the molecule is CC(=O)OO[C@@H](CO)C1(C(C)C)CCCC(C)C1. The van der Waals surface area contributed by atoms with E-state index in [4.69, 9.17) is 4.89 Å². The van der Waals surface area contributed by atoms with Gasteiger partial charge in [0.1, 0.15) is 6.10 Å². The van der Waals surface area contributed by atoms with Crippen LogP contribution in [0.3, 0.4) is 0 Å². The van der Waals surface area contributed by atoms with Gasteiger partial charge in [-0.25, -0.2) is 4.79 Å². The summed E-state index contributed by atoms with van der Waals surface area (Å²) >= 11 is 0. The first-order chi connectivity index (χ1) is 8.42. The van der Waals surface area contributed by atoms with Crippen molar-refractivity contribution in [1.82, 2.24) is 0 Å². The summed E-state index contributed by atoms with van der Waals surface area (Å²) in [6.07, 6.45) is 3.96. The minimum absolute atomic E-state index is 0.0954. The monoisotopic (exact) mass is 258 g/mol. The van der Waals surface area contributed by atoms with Crippen molar-refractivity contribution in [2.45, 2.75) is 59.5 Å². The van der Waals surface area contributed by atoms with Crippen LogP contribution < -0.4 is 0 Å². The van der Waals surface area contributed by atoms with Gasteiger partial charge in [-0.05, 0) is 24.7 Å². The van der Waals surface area contributed by atoms with E-state index in [0.29, 0.717) is 11.8 Å². The van der Waals surface area contributed by atoms with Crippen molar-refractivity contribution < 1.29 is 19.7 Å². The highest BCUT2D eigenvalue weighted by atomic mass is 17.2. The summed E-state index contributed by atoms with van der Waals surface area (Å²) in [6.45, 7) is 7.73. The molecular weight excluding hydrogens is 232 g/mol. The van der Waals surface area contributed by atoms with E-state index in [1.54, 1.807) is 0 Å². The highest BCUT2D eigenvalue weighted by Crippen LogP contribution is 2.48. The van der Waals surface area contributed by atoms with Gasteiger partial charge in [0.2, 0.25) is 0 Å². The molecule has 2 unspecified atom stereocenters. The quantitative estimate of drug-likeness (QED) is 0.608. The van der Waals surface area contributed by atoms with Crippen molar-refractivity contribution in [2.75, 3.05) is 6.61 Å². The summed E-state index contributed by atoms with van der Waals surface area (Å²) in [5, 5.41) is 9.58. The van der Waals surface area contributed by atoms with Gasteiger partial charge in [-0.3, -0.25) is 4.89 Å². The Morgan fingerprint density at radius 2 is 2.17 bits per heavy atom. The topological polar surface area (TPSA) is 55.8 Å². The highest BCUT2D eigenvalue weighted by molar-refractivity contribution is 5.65. The maximum Gasteiger partial charge on any atom is 0.339 e. The van der Waals surface area contributed by atoms with E-state index >= 15 is 0 Å². The Balaban J connectivity index is 2.82. The molecule has 0 aromatic rings. The van der Waals surface area contributed by atoms with Crippen LogP contribution in [0.4, 0.5) is 0 Å². The lowest BCUT2D eigenvalue weighted by atomic mass is 9.61. The minimum atomic E-state index is -0.476. The second-order valence-corrected chi connectivity index (χ2v) is 5.93. The third-order valence-corrected chi connectivity index (χ3v) is 4.31. The van der Waals surface area contributed by atoms with Crippen LogP contribution in [-0.4, -0.2) is 23.8 Å². The number of carbonyl (C=O) groups excluding carboxylic acids is 1. The van der Waals surface area contributed by atoms with Crippen molar-refractivity contribution in [3.05, 3.63) is 0 Å². The number of rotatable bonds is 5. The van der Waals surface area contributed by atoms with Crippen molar-refractivity contribution >= 4 is 5.97 Å². The number of hydrogen-bond donors (Lipinski definition) is 1. The fourth-order valence-electron chi connectivity index (χ4n) is 3.26. The summed E-state index contributed by atoms with van der Waals surface area (Å²) in [5.74, 6) is 0.528. The average Bonchev–Trinajstić information content (AvgIpc) is 2.29. The molecule has 1 fully saturated rings. The van der Waals surface area contributed by atoms with Gasteiger partial charge in [0.25, 0.3) is 0 Å². The standard InChI is InChI=1S/C14H26O4/c1-10(2)14(7-5-6-11(3)8-14)13(9-15)18-17-12(4)16/h10-11,13,15H,5-9H2,1-4H3/t11?,13-,14?/m0/s1. The number of hydrogen-bond acceptors (Lipinski definition) is 4. The molecule has 0 bridgehead atoms. The largest absolute Gasteiger partial charge is 0.393 e. The van der Waals surface area contributed by atoms with E-state index in [0.717, 1.165) is 19.3 Å². The molecule has 4 heteroatoms. The first-order valence-electron chi connectivity index (χ1n) is 6.87. The first-order valence-corrected chi connectivity index (χ1v) is 6.87. The van der Waals surface area contributed by atoms with Crippen molar-refractivity contribution in [1.29, 1.82) is 0 Å². The first kappa shape index (κ1) is 15.4. The van der Waals surface area contributed by atoms with Crippen molar-refractivity contribution in [2.24, 2.45) is 17.3 Å². The van der Waals surface area contributed by atoms with Crippen molar-refractivity contribution in [3.8, 4) is 0 Å². The van der Waals surface area contributed by atoms with Gasteiger partial charge >= 0.3 is 5.97 Å². The fourth-order valence-corrected chi connectivity index (χ4v) is 3.26. The van der Waals surface area contributed by atoms with Crippen LogP contribution >= 0.6 is 0 Å². The fraction of sp³-hybridized carbons (Fsp3) is 0.929. The molecule has 1 aliphatic rings. The Kier molecular flexibility index (Phi) is 5.60. The van der Waals surface area contributed by atoms with Crippen LogP contribution in [0.25, 0.3) is 0 Å². The highest BCUT2D eigenvalue weighted by Gasteiger charge is 2.45. The van der Waals surface area contributed by atoms with Gasteiger partial charge in [0.05, 0.1) is 6.61 Å². The van der Waals surface area contributed by atoms with E-state index < -0.39 is 12.1 Å². The van der Waals surface area contributed by atoms with Gasteiger partial charge in [-0.2, -0.15) is 4.89 Å². The minimum Gasteiger partial charge on any atom is -0.393 e. The molecule has 106 valence electrons. The summed E-state index contributed by atoms with van der Waals surface area (Å²) in [7, 11) is 0.